The van der Waals surface area contributed by atoms with Gasteiger partial charge in [-0.3, -0.25) is 0 Å². The highest BCUT2D eigenvalue weighted by Crippen LogP contribution is 2.34. The van der Waals surface area contributed by atoms with E-state index in [2.05, 4.69) is 4.74 Å². The molecule has 0 saturated carbocycles. The van der Waals surface area contributed by atoms with Crippen molar-refractivity contribution in [2.24, 2.45) is 0 Å². The minimum absolute atomic E-state index is 0.693. The Morgan fingerprint density at radius 2 is 1.60 bits per heavy atom. The van der Waals surface area contributed by atoms with Crippen LogP contribution in [-0.4, -0.2) is 19.5 Å². The van der Waals surface area contributed by atoms with Gasteiger partial charge >= 0.3 is 12.4 Å². The molecule has 0 aliphatic carbocycles. The topological polar surface area (TPSA) is 9.23 Å². The van der Waals surface area contributed by atoms with Crippen molar-refractivity contribution in [2.75, 3.05) is 7.11 Å². The Morgan fingerprint density at radius 3 is 1.87 bits per heavy atom. The molecule has 0 aromatic rings. The van der Waals surface area contributed by atoms with Crippen LogP contribution >= 0.6 is 11.6 Å². The average molecular weight is 257 g/mol. The average Bonchev–Trinajstić information content (AvgIpc) is 1.98. The van der Waals surface area contributed by atoms with E-state index in [1.54, 1.807) is 0 Å². The Balaban J connectivity index is 4.62. The van der Waals surface area contributed by atoms with Gasteiger partial charge in [0.15, 0.2) is 0 Å². The van der Waals surface area contributed by atoms with Crippen LogP contribution in [0, 0.1) is 0 Å². The molecule has 0 heterocycles. The number of alkyl halides is 6. The van der Waals surface area contributed by atoms with Gasteiger partial charge in [0.25, 0.3) is 0 Å². The molecule has 0 radical (unpaired) electrons. The van der Waals surface area contributed by atoms with E-state index in [9.17, 15) is 26.3 Å². The van der Waals surface area contributed by atoms with Crippen LogP contribution in [0.25, 0.3) is 0 Å². The molecule has 8 heteroatoms. The van der Waals surface area contributed by atoms with E-state index in [0.29, 0.717) is 7.11 Å². The summed E-state index contributed by atoms with van der Waals surface area (Å²) in [6.45, 7) is 0. The second-order valence-corrected chi connectivity index (χ2v) is 3.01. The maximum absolute atomic E-state index is 12.0. The first kappa shape index (κ1) is 14.4. The highest BCUT2D eigenvalue weighted by molar-refractivity contribution is 6.29. The molecule has 0 amide bonds. The first-order chi connectivity index (χ1) is 6.58. The molecule has 0 aromatic carbocycles. The van der Waals surface area contributed by atoms with Gasteiger partial charge in [-0.2, -0.15) is 26.3 Å². The SMILES string of the molecule is CO/C(=C(/Cl)CCC(F)(F)F)C(F)(F)F. The summed E-state index contributed by atoms with van der Waals surface area (Å²) in [6.07, 6.45) is -11.8. The molecule has 90 valence electrons. The predicted molar refractivity (Wildman–Crippen MR) is 41.2 cm³/mol. The Bertz CT molecular complexity index is 241. The summed E-state index contributed by atoms with van der Waals surface area (Å²) in [4.78, 5) is 0. The number of methoxy groups -OCH3 is 1. The van der Waals surface area contributed by atoms with Gasteiger partial charge in [-0.05, 0) is 6.42 Å². The molecule has 0 aliphatic rings. The van der Waals surface area contributed by atoms with Gasteiger partial charge < -0.3 is 4.74 Å². The Labute approximate surface area is 86.6 Å². The van der Waals surface area contributed by atoms with Gasteiger partial charge in [-0.1, -0.05) is 11.6 Å². The first-order valence-corrected chi connectivity index (χ1v) is 4.02. The molecule has 1 nitrogen and oxygen atoms in total. The Kier molecular flexibility index (Phi) is 4.76. The van der Waals surface area contributed by atoms with Crippen LogP contribution in [0.1, 0.15) is 12.8 Å². The molecule has 0 saturated heterocycles. The van der Waals surface area contributed by atoms with Crippen LogP contribution in [-0.2, 0) is 4.74 Å². The molecule has 0 spiro atoms. The lowest BCUT2D eigenvalue weighted by atomic mass is 10.2. The number of halogens is 7. The highest BCUT2D eigenvalue weighted by atomic mass is 35.5. The molecule has 0 aliphatic heterocycles. The molecule has 0 rings (SSSR count). The molecular weight excluding hydrogens is 250 g/mol. The van der Waals surface area contributed by atoms with Gasteiger partial charge in [0.1, 0.15) is 0 Å². The zero-order valence-electron chi connectivity index (χ0n) is 7.47. The van der Waals surface area contributed by atoms with Crippen LogP contribution in [0.2, 0.25) is 0 Å². The van der Waals surface area contributed by atoms with E-state index in [-0.39, 0.29) is 0 Å². The van der Waals surface area contributed by atoms with E-state index in [4.69, 9.17) is 11.6 Å². The van der Waals surface area contributed by atoms with Crippen molar-refractivity contribution in [1.29, 1.82) is 0 Å². The fourth-order valence-corrected chi connectivity index (χ4v) is 1.02. The quantitative estimate of drug-likeness (QED) is 0.548. The zero-order chi connectivity index (χ0) is 12.3. The van der Waals surface area contributed by atoms with Crippen LogP contribution < -0.4 is 0 Å². The van der Waals surface area contributed by atoms with E-state index < -0.39 is 36.0 Å². The van der Waals surface area contributed by atoms with Crippen molar-refractivity contribution in [1.82, 2.24) is 0 Å². The number of allylic oxidation sites excluding steroid dienone is 2. The minimum Gasteiger partial charge on any atom is -0.491 e. The van der Waals surface area contributed by atoms with Gasteiger partial charge in [-0.25, -0.2) is 0 Å². The van der Waals surface area contributed by atoms with Gasteiger partial charge in [0, 0.05) is 6.42 Å². The third kappa shape index (κ3) is 5.76. The monoisotopic (exact) mass is 256 g/mol. The Hall–Kier alpha value is -0.590. The fourth-order valence-electron chi connectivity index (χ4n) is 0.745. The largest absolute Gasteiger partial charge is 0.491 e. The van der Waals surface area contributed by atoms with E-state index >= 15 is 0 Å². The second kappa shape index (κ2) is 4.96. The maximum atomic E-state index is 12.0. The molecule has 0 N–H and O–H groups in total. The zero-order valence-corrected chi connectivity index (χ0v) is 8.22. The highest BCUT2D eigenvalue weighted by Gasteiger charge is 2.38. The van der Waals surface area contributed by atoms with Crippen molar-refractivity contribution >= 4 is 11.6 Å². The summed E-state index contributed by atoms with van der Waals surface area (Å²) in [7, 11) is 0.693. The van der Waals surface area contributed by atoms with Crippen molar-refractivity contribution in [3.63, 3.8) is 0 Å². The van der Waals surface area contributed by atoms with Crippen LogP contribution in [0.3, 0.4) is 0 Å². The van der Waals surface area contributed by atoms with Crippen molar-refractivity contribution < 1.29 is 31.1 Å². The van der Waals surface area contributed by atoms with Crippen LogP contribution in [0.15, 0.2) is 10.8 Å². The summed E-state index contributed by atoms with van der Waals surface area (Å²) in [5.41, 5.74) is 0. The predicted octanol–water partition coefficient (Wildman–Crippen LogP) is 3.99. The molecule has 0 unspecified atom stereocenters. The summed E-state index contributed by atoms with van der Waals surface area (Å²) < 4.78 is 75.1. The third-order valence-electron chi connectivity index (χ3n) is 1.34. The number of hydrogen-bond acceptors (Lipinski definition) is 1. The summed E-state index contributed by atoms with van der Waals surface area (Å²) >= 11 is 5.07. The lowest BCUT2D eigenvalue weighted by Crippen LogP contribution is -2.16. The summed E-state index contributed by atoms with van der Waals surface area (Å²) in [5, 5.41) is -0.984. The second-order valence-electron chi connectivity index (χ2n) is 2.55. The lowest BCUT2D eigenvalue weighted by molar-refractivity contribution is -0.137. The minimum atomic E-state index is -4.88. The molecule has 0 aromatic heterocycles. The van der Waals surface area contributed by atoms with Crippen LogP contribution in [0.5, 0.6) is 0 Å². The maximum Gasteiger partial charge on any atom is 0.450 e. The molecule has 15 heavy (non-hydrogen) atoms. The standard InChI is InChI=1S/C7H7ClF6O/c1-15-5(7(12,13)14)4(8)2-3-6(9,10)11/h2-3H2,1H3/b5-4+. The first-order valence-electron chi connectivity index (χ1n) is 3.64. The molecule has 0 atom stereocenters. The molecular formula is C7H7ClF6O. The number of ether oxygens (including phenoxy) is 1. The summed E-state index contributed by atoms with van der Waals surface area (Å²) in [5.74, 6) is -1.59. The fraction of sp³-hybridized carbons (Fsp3) is 0.714. The van der Waals surface area contributed by atoms with E-state index in [1.807, 2.05) is 0 Å². The molecule has 0 bridgehead atoms. The van der Waals surface area contributed by atoms with Gasteiger partial charge in [0.05, 0.1) is 12.1 Å². The summed E-state index contributed by atoms with van der Waals surface area (Å²) in [6, 6.07) is 0. The van der Waals surface area contributed by atoms with Crippen molar-refractivity contribution in [3.05, 3.63) is 10.8 Å². The normalized spacial score (nSPS) is 14.9. The lowest BCUT2D eigenvalue weighted by Gasteiger charge is -2.13. The number of rotatable bonds is 3. The van der Waals surface area contributed by atoms with Crippen LogP contribution in [0.4, 0.5) is 26.3 Å². The molecule has 0 fully saturated rings. The smallest absolute Gasteiger partial charge is 0.450 e. The van der Waals surface area contributed by atoms with Crippen molar-refractivity contribution in [3.8, 4) is 0 Å². The van der Waals surface area contributed by atoms with E-state index in [1.165, 1.54) is 0 Å². The number of hydrogen-bond donors (Lipinski definition) is 0. The Morgan fingerprint density at radius 1 is 1.13 bits per heavy atom. The van der Waals surface area contributed by atoms with Gasteiger partial charge in [0.2, 0.25) is 5.76 Å². The van der Waals surface area contributed by atoms with Gasteiger partial charge in [-0.15, -0.1) is 0 Å². The van der Waals surface area contributed by atoms with E-state index in [0.717, 1.165) is 0 Å². The van der Waals surface area contributed by atoms with Crippen molar-refractivity contribution in [2.45, 2.75) is 25.2 Å². The third-order valence-corrected chi connectivity index (χ3v) is 1.70.